The average molecular weight is 272 g/mol. The first-order chi connectivity index (χ1) is 8.00. The van der Waals surface area contributed by atoms with E-state index in [9.17, 15) is 9.59 Å². The van der Waals surface area contributed by atoms with E-state index in [1.165, 1.54) is 6.92 Å². The van der Waals surface area contributed by atoms with E-state index in [4.69, 9.17) is 23.2 Å². The third kappa shape index (κ3) is 2.31. The fraction of sp³-hybridized carbons (Fsp3) is 0.333. The molecule has 1 aliphatic rings. The first kappa shape index (κ1) is 12.4. The van der Waals surface area contributed by atoms with Gasteiger partial charge < -0.3 is 4.90 Å². The number of halogens is 2. The fourth-order valence-electron chi connectivity index (χ4n) is 1.96. The lowest BCUT2D eigenvalue weighted by atomic mass is 10.1. The van der Waals surface area contributed by atoms with Crippen LogP contribution in [0, 0.1) is 0 Å². The van der Waals surface area contributed by atoms with Crippen molar-refractivity contribution in [2.75, 3.05) is 11.4 Å². The van der Waals surface area contributed by atoms with E-state index < -0.39 is 0 Å². The van der Waals surface area contributed by atoms with Crippen LogP contribution in [0.15, 0.2) is 12.1 Å². The molecule has 2 rings (SSSR count). The zero-order valence-electron chi connectivity index (χ0n) is 9.30. The van der Waals surface area contributed by atoms with E-state index in [1.54, 1.807) is 17.0 Å². The number of amides is 1. The number of hydrogen-bond acceptors (Lipinski definition) is 2. The largest absolute Gasteiger partial charge is 0.312 e. The number of fused-ring (bicyclic) bond motifs is 1. The van der Waals surface area contributed by atoms with E-state index in [1.807, 2.05) is 0 Å². The molecule has 0 spiro atoms. The third-order valence-corrected chi connectivity index (χ3v) is 3.52. The molecule has 0 aliphatic carbocycles. The van der Waals surface area contributed by atoms with Gasteiger partial charge in [0, 0.05) is 25.5 Å². The standard InChI is InChI=1S/C12H11Cl2NO2/c1-7(16)15-4-2-3-12(17)8-5-9(13)10(14)6-11(8)15/h5-6H,2-4H2,1H3. The number of carbonyl (C=O) groups excluding carboxylic acids is 2. The molecule has 1 aliphatic heterocycles. The molecule has 1 aromatic carbocycles. The van der Waals surface area contributed by atoms with Crippen LogP contribution in [0.3, 0.4) is 0 Å². The summed E-state index contributed by atoms with van der Waals surface area (Å²) in [6, 6.07) is 3.13. The molecule has 3 nitrogen and oxygen atoms in total. The van der Waals surface area contributed by atoms with E-state index in [2.05, 4.69) is 0 Å². The number of ketones is 1. The zero-order chi connectivity index (χ0) is 12.6. The second-order valence-electron chi connectivity index (χ2n) is 3.98. The molecule has 0 N–H and O–H groups in total. The number of benzene rings is 1. The van der Waals surface area contributed by atoms with Crippen LogP contribution in [0.1, 0.15) is 30.1 Å². The van der Waals surface area contributed by atoms with Crippen molar-refractivity contribution in [1.82, 2.24) is 0 Å². The molecule has 0 atom stereocenters. The monoisotopic (exact) mass is 271 g/mol. The van der Waals surface area contributed by atoms with Crippen LogP contribution in [0.2, 0.25) is 10.0 Å². The van der Waals surface area contributed by atoms with Crippen LogP contribution in [0.5, 0.6) is 0 Å². The number of hydrogen-bond donors (Lipinski definition) is 0. The normalized spacial score (nSPS) is 15.5. The number of rotatable bonds is 0. The van der Waals surface area contributed by atoms with Gasteiger partial charge in [0.25, 0.3) is 0 Å². The Balaban J connectivity index is 2.62. The second kappa shape index (κ2) is 4.67. The van der Waals surface area contributed by atoms with Crippen LogP contribution >= 0.6 is 23.2 Å². The van der Waals surface area contributed by atoms with Crippen molar-refractivity contribution in [1.29, 1.82) is 0 Å². The molecule has 0 saturated heterocycles. The molecule has 0 aromatic heterocycles. The zero-order valence-corrected chi connectivity index (χ0v) is 10.8. The maximum absolute atomic E-state index is 11.9. The van der Waals surface area contributed by atoms with Crippen molar-refractivity contribution >= 4 is 40.6 Å². The van der Waals surface area contributed by atoms with E-state index in [-0.39, 0.29) is 11.7 Å². The van der Waals surface area contributed by atoms with Gasteiger partial charge in [-0.3, -0.25) is 9.59 Å². The quantitative estimate of drug-likeness (QED) is 0.726. The lowest BCUT2D eigenvalue weighted by Crippen LogP contribution is -2.29. The molecule has 90 valence electrons. The maximum atomic E-state index is 11.9. The molecule has 0 saturated carbocycles. The molecule has 17 heavy (non-hydrogen) atoms. The summed E-state index contributed by atoms with van der Waals surface area (Å²) < 4.78 is 0. The van der Waals surface area contributed by atoms with Crippen LogP contribution in [0.4, 0.5) is 5.69 Å². The van der Waals surface area contributed by atoms with Crippen molar-refractivity contribution < 1.29 is 9.59 Å². The smallest absolute Gasteiger partial charge is 0.223 e. The van der Waals surface area contributed by atoms with Crippen molar-refractivity contribution in [3.63, 3.8) is 0 Å². The van der Waals surface area contributed by atoms with E-state index in [0.29, 0.717) is 40.7 Å². The number of anilines is 1. The highest BCUT2D eigenvalue weighted by Gasteiger charge is 2.24. The Morgan fingerprint density at radius 3 is 2.59 bits per heavy atom. The van der Waals surface area contributed by atoms with Gasteiger partial charge in [0.05, 0.1) is 15.7 Å². The molecule has 1 aromatic rings. The number of Topliss-reactive ketones (excluding diaryl/α,β-unsaturated/α-hetero) is 1. The molecule has 1 amide bonds. The third-order valence-electron chi connectivity index (χ3n) is 2.80. The van der Waals surface area contributed by atoms with Gasteiger partial charge in [-0.05, 0) is 18.6 Å². The summed E-state index contributed by atoms with van der Waals surface area (Å²) in [5, 5.41) is 0.690. The van der Waals surface area contributed by atoms with Gasteiger partial charge in [-0.15, -0.1) is 0 Å². The number of carbonyl (C=O) groups is 2. The van der Waals surface area contributed by atoms with Gasteiger partial charge >= 0.3 is 0 Å². The summed E-state index contributed by atoms with van der Waals surface area (Å²) in [4.78, 5) is 25.0. The van der Waals surface area contributed by atoms with Crippen molar-refractivity contribution in [3.8, 4) is 0 Å². The Hall–Kier alpha value is -1.06. The molecule has 0 unspecified atom stereocenters. The van der Waals surface area contributed by atoms with Gasteiger partial charge in [0.2, 0.25) is 5.91 Å². The molecular weight excluding hydrogens is 261 g/mol. The summed E-state index contributed by atoms with van der Waals surface area (Å²) in [5.41, 5.74) is 1.04. The van der Waals surface area contributed by atoms with E-state index >= 15 is 0 Å². The fourth-order valence-corrected chi connectivity index (χ4v) is 2.28. The topological polar surface area (TPSA) is 37.4 Å². The Labute approximate surface area is 109 Å². The van der Waals surface area contributed by atoms with Crippen molar-refractivity contribution in [3.05, 3.63) is 27.7 Å². The van der Waals surface area contributed by atoms with E-state index in [0.717, 1.165) is 0 Å². The molecular formula is C12H11Cl2NO2. The first-order valence-electron chi connectivity index (χ1n) is 5.31. The highest BCUT2D eigenvalue weighted by Crippen LogP contribution is 2.34. The second-order valence-corrected chi connectivity index (χ2v) is 4.80. The summed E-state index contributed by atoms with van der Waals surface area (Å²) >= 11 is 11.8. The predicted molar refractivity (Wildman–Crippen MR) is 68.1 cm³/mol. The summed E-state index contributed by atoms with van der Waals surface area (Å²) in [5.74, 6) is -0.0957. The van der Waals surface area contributed by atoms with Crippen molar-refractivity contribution in [2.45, 2.75) is 19.8 Å². The van der Waals surface area contributed by atoms with Gasteiger partial charge in [-0.2, -0.15) is 0 Å². The Morgan fingerprint density at radius 1 is 1.29 bits per heavy atom. The maximum Gasteiger partial charge on any atom is 0.223 e. The van der Waals surface area contributed by atoms with Crippen LogP contribution < -0.4 is 4.90 Å². The minimum Gasteiger partial charge on any atom is -0.312 e. The van der Waals surface area contributed by atoms with Crippen LogP contribution in [-0.4, -0.2) is 18.2 Å². The first-order valence-corrected chi connectivity index (χ1v) is 6.06. The number of nitrogens with zero attached hydrogens (tertiary/aromatic N) is 1. The summed E-state index contributed by atoms with van der Waals surface area (Å²) in [6.07, 6.45) is 1.08. The molecule has 0 bridgehead atoms. The minimum absolute atomic E-state index is 0.00215. The Kier molecular flexibility index (Phi) is 3.40. The van der Waals surface area contributed by atoms with Gasteiger partial charge in [-0.1, -0.05) is 23.2 Å². The molecule has 5 heteroatoms. The molecule has 0 radical (unpaired) electrons. The minimum atomic E-state index is -0.0978. The molecule has 1 heterocycles. The Morgan fingerprint density at radius 2 is 1.94 bits per heavy atom. The predicted octanol–water partition coefficient (Wildman–Crippen LogP) is 3.32. The average Bonchev–Trinajstić information content (AvgIpc) is 2.40. The molecule has 0 fully saturated rings. The van der Waals surface area contributed by atoms with Crippen molar-refractivity contribution in [2.24, 2.45) is 0 Å². The van der Waals surface area contributed by atoms with Gasteiger partial charge in [-0.25, -0.2) is 0 Å². The summed E-state index contributed by atoms with van der Waals surface area (Å²) in [6.45, 7) is 2.01. The lowest BCUT2D eigenvalue weighted by Gasteiger charge is -2.21. The van der Waals surface area contributed by atoms with Gasteiger partial charge in [0.1, 0.15) is 0 Å². The lowest BCUT2D eigenvalue weighted by molar-refractivity contribution is -0.116. The Bertz CT molecular complexity index is 500. The van der Waals surface area contributed by atoms with Crippen LogP contribution in [-0.2, 0) is 4.79 Å². The summed E-state index contributed by atoms with van der Waals surface area (Å²) in [7, 11) is 0. The SMILES string of the molecule is CC(=O)N1CCCC(=O)c2cc(Cl)c(Cl)cc21. The van der Waals surface area contributed by atoms with Crippen LogP contribution in [0.25, 0.3) is 0 Å². The highest BCUT2D eigenvalue weighted by molar-refractivity contribution is 6.42. The highest BCUT2D eigenvalue weighted by atomic mass is 35.5. The van der Waals surface area contributed by atoms with Gasteiger partial charge in [0.15, 0.2) is 5.78 Å².